The fourth-order valence-electron chi connectivity index (χ4n) is 4.47. The van der Waals surface area contributed by atoms with Gasteiger partial charge in [-0.05, 0) is 58.0 Å². The van der Waals surface area contributed by atoms with Gasteiger partial charge in [-0.3, -0.25) is 4.90 Å². The van der Waals surface area contributed by atoms with Crippen LogP contribution in [-0.4, -0.2) is 82.0 Å². The molecule has 0 N–H and O–H groups in total. The second-order valence-electron chi connectivity index (χ2n) is 8.59. The number of likely N-dealkylation sites (N-methyl/N-ethyl adjacent to an activating group) is 1. The van der Waals surface area contributed by atoms with Crippen LogP contribution in [0.5, 0.6) is 0 Å². The maximum absolute atomic E-state index is 4.86. The van der Waals surface area contributed by atoms with E-state index >= 15 is 0 Å². The first-order chi connectivity index (χ1) is 13.3. The van der Waals surface area contributed by atoms with Crippen molar-refractivity contribution in [2.75, 3.05) is 51.2 Å². The minimum absolute atomic E-state index is 0.549. The van der Waals surface area contributed by atoms with Crippen molar-refractivity contribution in [3.8, 4) is 0 Å². The molecule has 0 amide bonds. The number of aromatic nitrogens is 4. The van der Waals surface area contributed by atoms with E-state index in [1.807, 2.05) is 4.52 Å². The average Bonchev–Trinajstić information content (AvgIpc) is 3.01. The van der Waals surface area contributed by atoms with E-state index in [-0.39, 0.29) is 0 Å². The zero-order valence-electron chi connectivity index (χ0n) is 16.4. The van der Waals surface area contributed by atoms with Gasteiger partial charge in [-0.25, -0.2) is 0 Å². The predicted molar refractivity (Wildman–Crippen MR) is 106 cm³/mol. The number of rotatable bonds is 6. The molecule has 2 aliphatic heterocycles. The van der Waals surface area contributed by atoms with E-state index in [1.54, 1.807) is 0 Å². The Bertz CT molecular complexity index is 772. The summed E-state index contributed by atoms with van der Waals surface area (Å²) in [6, 6.07) is 4.79. The highest BCUT2D eigenvalue weighted by Gasteiger charge is 2.32. The zero-order chi connectivity index (χ0) is 18.2. The largest absolute Gasteiger partial charge is 0.352 e. The average molecular weight is 370 g/mol. The zero-order valence-corrected chi connectivity index (χ0v) is 16.4. The van der Waals surface area contributed by atoms with E-state index in [1.165, 1.54) is 64.7 Å². The Hall–Kier alpha value is -1.73. The minimum Gasteiger partial charge on any atom is -0.352 e. The van der Waals surface area contributed by atoms with Crippen molar-refractivity contribution in [2.24, 2.45) is 0 Å². The molecule has 0 bridgehead atoms. The lowest BCUT2D eigenvalue weighted by molar-refractivity contribution is 0.155. The summed E-state index contributed by atoms with van der Waals surface area (Å²) in [4.78, 5) is 7.54. The van der Waals surface area contributed by atoms with Gasteiger partial charge in [-0.2, -0.15) is 4.52 Å². The monoisotopic (exact) mass is 369 g/mol. The third kappa shape index (κ3) is 3.43. The van der Waals surface area contributed by atoms with Gasteiger partial charge in [0.25, 0.3) is 0 Å². The molecule has 0 aromatic carbocycles. The first kappa shape index (κ1) is 17.4. The smallest absolute Gasteiger partial charge is 0.178 e. The van der Waals surface area contributed by atoms with E-state index in [0.717, 1.165) is 30.4 Å². The Kier molecular flexibility index (Phi) is 4.73. The van der Waals surface area contributed by atoms with Gasteiger partial charge >= 0.3 is 0 Å². The second-order valence-corrected chi connectivity index (χ2v) is 8.59. The molecule has 4 heterocycles. The summed E-state index contributed by atoms with van der Waals surface area (Å²) < 4.78 is 1.98. The van der Waals surface area contributed by atoms with Crippen LogP contribution in [0.15, 0.2) is 12.1 Å². The molecule has 2 aromatic rings. The normalized spacial score (nSPS) is 22.4. The number of hydrogen-bond donors (Lipinski definition) is 0. The van der Waals surface area contributed by atoms with Gasteiger partial charge in [-0.15, -0.1) is 15.3 Å². The third-order valence-electron chi connectivity index (χ3n) is 6.77. The number of likely N-dealkylation sites (tertiary alicyclic amines) is 1. The van der Waals surface area contributed by atoms with Crippen molar-refractivity contribution in [2.45, 2.75) is 50.5 Å². The van der Waals surface area contributed by atoms with Gasteiger partial charge in [0.05, 0.1) is 0 Å². The van der Waals surface area contributed by atoms with E-state index in [4.69, 9.17) is 5.10 Å². The first-order valence-electron chi connectivity index (χ1n) is 10.7. The summed E-state index contributed by atoms with van der Waals surface area (Å²) >= 11 is 0. The molecule has 0 spiro atoms. The highest BCUT2D eigenvalue weighted by atomic mass is 15.4. The third-order valence-corrected chi connectivity index (χ3v) is 6.77. The van der Waals surface area contributed by atoms with Crippen molar-refractivity contribution >= 4 is 11.5 Å². The van der Waals surface area contributed by atoms with Crippen molar-refractivity contribution in [3.05, 3.63) is 18.0 Å². The van der Waals surface area contributed by atoms with E-state index in [2.05, 4.69) is 44.1 Å². The maximum atomic E-state index is 4.86. The van der Waals surface area contributed by atoms with Crippen molar-refractivity contribution < 1.29 is 0 Å². The van der Waals surface area contributed by atoms with Gasteiger partial charge in [-0.1, -0.05) is 12.8 Å². The van der Waals surface area contributed by atoms with Crippen LogP contribution < -0.4 is 4.90 Å². The van der Waals surface area contributed by atoms with Gasteiger partial charge < -0.3 is 9.80 Å². The minimum atomic E-state index is 0.549. The van der Waals surface area contributed by atoms with Gasteiger partial charge in [0.2, 0.25) is 0 Å². The number of nitrogens with zero attached hydrogens (tertiary/aromatic N) is 7. The molecular formula is C20H31N7. The number of fused-ring (bicyclic) bond motifs is 1. The Balaban J connectivity index is 1.17. The molecule has 146 valence electrons. The molecule has 0 unspecified atom stereocenters. The summed E-state index contributed by atoms with van der Waals surface area (Å²) in [6.07, 6.45) is 7.91. The Morgan fingerprint density at radius 3 is 2.59 bits per heavy atom. The molecule has 5 rings (SSSR count). The van der Waals surface area contributed by atoms with Gasteiger partial charge in [0.1, 0.15) is 5.82 Å². The first-order valence-corrected chi connectivity index (χ1v) is 10.7. The van der Waals surface area contributed by atoms with E-state index in [0.29, 0.717) is 12.0 Å². The second kappa shape index (κ2) is 7.36. The summed E-state index contributed by atoms with van der Waals surface area (Å²) in [5.41, 5.74) is 0.872. The summed E-state index contributed by atoms with van der Waals surface area (Å²) in [7, 11) is 2.27. The van der Waals surface area contributed by atoms with Crippen molar-refractivity contribution in [1.82, 2.24) is 29.6 Å². The molecule has 3 aliphatic rings. The predicted octanol–water partition coefficient (Wildman–Crippen LogP) is 2.00. The Morgan fingerprint density at radius 2 is 1.85 bits per heavy atom. The molecule has 1 saturated carbocycles. The van der Waals surface area contributed by atoms with Crippen LogP contribution in [0.4, 0.5) is 5.82 Å². The Labute approximate surface area is 161 Å². The van der Waals surface area contributed by atoms with Gasteiger partial charge in [0, 0.05) is 38.1 Å². The molecular weight excluding hydrogens is 338 g/mol. The standard InChI is InChI=1S/C20H31N7/c1-24(12-13-25-10-3-2-4-11-25)17-14-26(15-17)19-9-8-18-21-22-20(27(18)23-19)16-6-5-7-16/h8-9,16-17H,2-7,10-15H2,1H3. The molecule has 7 heteroatoms. The van der Waals surface area contributed by atoms with Crippen LogP contribution in [-0.2, 0) is 0 Å². The van der Waals surface area contributed by atoms with Gasteiger partial charge in [0.15, 0.2) is 11.5 Å². The highest BCUT2D eigenvalue weighted by Crippen LogP contribution is 2.35. The van der Waals surface area contributed by atoms with Crippen molar-refractivity contribution in [3.63, 3.8) is 0 Å². The summed E-state index contributed by atoms with van der Waals surface area (Å²) in [5.74, 6) is 2.66. The number of hydrogen-bond acceptors (Lipinski definition) is 6. The fourth-order valence-corrected chi connectivity index (χ4v) is 4.47. The van der Waals surface area contributed by atoms with Crippen LogP contribution in [0.2, 0.25) is 0 Å². The molecule has 2 saturated heterocycles. The number of piperidine rings is 1. The van der Waals surface area contributed by atoms with Crippen LogP contribution in [0.3, 0.4) is 0 Å². The molecule has 0 atom stereocenters. The van der Waals surface area contributed by atoms with Crippen LogP contribution >= 0.6 is 0 Å². The van der Waals surface area contributed by atoms with E-state index in [9.17, 15) is 0 Å². The topological polar surface area (TPSA) is 52.8 Å². The molecule has 2 aromatic heterocycles. The lowest BCUT2D eigenvalue weighted by atomic mass is 9.85. The number of anilines is 1. The SMILES string of the molecule is CN(CCN1CCCCC1)C1CN(c2ccc3nnc(C4CCC4)n3n2)C1. The maximum Gasteiger partial charge on any atom is 0.178 e. The van der Waals surface area contributed by atoms with E-state index < -0.39 is 0 Å². The molecule has 0 radical (unpaired) electrons. The van der Waals surface area contributed by atoms with Crippen LogP contribution in [0.1, 0.15) is 50.3 Å². The lowest BCUT2D eigenvalue weighted by Crippen LogP contribution is -2.59. The van der Waals surface area contributed by atoms with Crippen molar-refractivity contribution in [1.29, 1.82) is 0 Å². The molecule has 27 heavy (non-hydrogen) atoms. The summed E-state index contributed by atoms with van der Waals surface area (Å²) in [6.45, 7) is 7.09. The quantitative estimate of drug-likeness (QED) is 0.776. The van der Waals surface area contributed by atoms with Crippen LogP contribution in [0, 0.1) is 0 Å². The summed E-state index contributed by atoms with van der Waals surface area (Å²) in [5, 5.41) is 13.6. The fraction of sp³-hybridized carbons (Fsp3) is 0.750. The van der Waals surface area contributed by atoms with Crippen LogP contribution in [0.25, 0.3) is 5.65 Å². The lowest BCUT2D eigenvalue weighted by Gasteiger charge is -2.45. The molecule has 7 nitrogen and oxygen atoms in total. The molecule has 3 fully saturated rings. The molecule has 1 aliphatic carbocycles. The Morgan fingerprint density at radius 1 is 1.04 bits per heavy atom. The highest BCUT2D eigenvalue weighted by molar-refractivity contribution is 5.48.